The maximum Gasteiger partial charge on any atom is 0.124 e. The Bertz CT molecular complexity index is 526. The Kier molecular flexibility index (Phi) is 5.26. The summed E-state index contributed by atoms with van der Waals surface area (Å²) in [5.74, 6) is 1.53. The zero-order chi connectivity index (χ0) is 14.2. The minimum atomic E-state index is -0.0158. The number of aliphatic hydroxyl groups is 1. The van der Waals surface area contributed by atoms with Gasteiger partial charge >= 0.3 is 0 Å². The molecule has 0 radical (unpaired) electrons. The highest BCUT2D eigenvalue weighted by atomic mass is 16.5. The van der Waals surface area contributed by atoms with E-state index >= 15 is 0 Å². The van der Waals surface area contributed by atoms with E-state index in [0.29, 0.717) is 13.2 Å². The maximum atomic E-state index is 9.18. The lowest BCUT2D eigenvalue weighted by molar-refractivity contribution is 0.236. The lowest BCUT2D eigenvalue weighted by Gasteiger charge is -2.10. The van der Waals surface area contributed by atoms with Crippen LogP contribution in [0.4, 0.5) is 5.69 Å². The second kappa shape index (κ2) is 7.40. The topological polar surface area (TPSA) is 64.7 Å². The van der Waals surface area contributed by atoms with Crippen molar-refractivity contribution >= 4 is 5.69 Å². The Morgan fingerprint density at radius 1 is 0.900 bits per heavy atom. The third-order valence-corrected chi connectivity index (χ3v) is 2.84. The zero-order valence-corrected chi connectivity index (χ0v) is 11.3. The summed E-state index contributed by atoms with van der Waals surface area (Å²) in [5, 5.41) is 9.18. The predicted octanol–water partition coefficient (Wildman–Crippen LogP) is 2.61. The molecule has 0 fully saturated rings. The number of nitrogen functional groups attached to an aromatic ring is 1. The minimum Gasteiger partial charge on any atom is -0.493 e. The van der Waals surface area contributed by atoms with Crippen LogP contribution in [0.1, 0.15) is 12.0 Å². The summed E-state index contributed by atoms with van der Waals surface area (Å²) in [6.07, 6.45) is 0.768. The van der Waals surface area contributed by atoms with Crippen LogP contribution in [0.5, 0.6) is 11.5 Å². The van der Waals surface area contributed by atoms with Crippen molar-refractivity contribution in [3.05, 3.63) is 54.1 Å². The fourth-order valence-electron chi connectivity index (χ4n) is 1.77. The molecular formula is C16H19NO3. The quantitative estimate of drug-likeness (QED) is 0.601. The molecule has 0 aliphatic carbocycles. The summed E-state index contributed by atoms with van der Waals surface area (Å²) in [7, 11) is 0. The van der Waals surface area contributed by atoms with Gasteiger partial charge in [-0.15, -0.1) is 0 Å². The Labute approximate surface area is 118 Å². The molecule has 0 saturated carbocycles. The van der Waals surface area contributed by atoms with Crippen LogP contribution < -0.4 is 15.2 Å². The Morgan fingerprint density at radius 3 is 2.35 bits per heavy atom. The Hall–Kier alpha value is -2.20. The molecule has 20 heavy (non-hydrogen) atoms. The molecule has 4 heteroatoms. The van der Waals surface area contributed by atoms with E-state index in [4.69, 9.17) is 15.2 Å². The van der Waals surface area contributed by atoms with Gasteiger partial charge in [0.2, 0.25) is 0 Å². The third kappa shape index (κ3) is 4.17. The van der Waals surface area contributed by atoms with E-state index in [2.05, 4.69) is 0 Å². The van der Waals surface area contributed by atoms with Gasteiger partial charge in [-0.25, -0.2) is 0 Å². The van der Waals surface area contributed by atoms with Crippen LogP contribution in [-0.4, -0.2) is 18.3 Å². The van der Waals surface area contributed by atoms with Crippen molar-refractivity contribution in [2.75, 3.05) is 18.9 Å². The minimum absolute atomic E-state index is 0.0158. The number of nitrogens with two attached hydrogens (primary N) is 1. The molecule has 106 valence electrons. The van der Waals surface area contributed by atoms with Gasteiger partial charge in [0.25, 0.3) is 0 Å². The first-order valence-electron chi connectivity index (χ1n) is 6.59. The molecule has 0 amide bonds. The van der Waals surface area contributed by atoms with Crippen molar-refractivity contribution < 1.29 is 14.6 Å². The van der Waals surface area contributed by atoms with E-state index in [-0.39, 0.29) is 6.61 Å². The fraction of sp³-hybridized carbons (Fsp3) is 0.250. The van der Waals surface area contributed by atoms with E-state index < -0.39 is 0 Å². The first kappa shape index (κ1) is 14.2. The van der Waals surface area contributed by atoms with E-state index in [1.54, 1.807) is 0 Å². The van der Waals surface area contributed by atoms with Gasteiger partial charge in [0.1, 0.15) is 11.5 Å². The second-order valence-electron chi connectivity index (χ2n) is 4.39. The van der Waals surface area contributed by atoms with Crippen molar-refractivity contribution in [1.29, 1.82) is 0 Å². The number of rotatable bonds is 7. The van der Waals surface area contributed by atoms with Crippen molar-refractivity contribution in [1.82, 2.24) is 0 Å². The normalized spacial score (nSPS) is 10.2. The zero-order valence-electron chi connectivity index (χ0n) is 11.3. The Balaban J connectivity index is 1.70. The van der Waals surface area contributed by atoms with Crippen LogP contribution in [0.25, 0.3) is 0 Å². The third-order valence-electron chi connectivity index (χ3n) is 2.84. The summed E-state index contributed by atoms with van der Waals surface area (Å²) in [4.78, 5) is 0. The lowest BCUT2D eigenvalue weighted by Crippen LogP contribution is -2.06. The predicted molar refractivity (Wildman–Crippen MR) is 78.8 cm³/mol. The molecule has 2 rings (SSSR count). The fourth-order valence-corrected chi connectivity index (χ4v) is 1.77. The van der Waals surface area contributed by atoms with Gasteiger partial charge in [-0.2, -0.15) is 0 Å². The van der Waals surface area contributed by atoms with Gasteiger partial charge in [-0.05, 0) is 30.3 Å². The smallest absolute Gasteiger partial charge is 0.124 e. The molecule has 0 heterocycles. The second-order valence-corrected chi connectivity index (χ2v) is 4.39. The van der Waals surface area contributed by atoms with Gasteiger partial charge in [0, 0.05) is 17.7 Å². The van der Waals surface area contributed by atoms with Gasteiger partial charge in [0.15, 0.2) is 0 Å². The molecule has 0 atom stereocenters. The number of anilines is 1. The summed E-state index contributed by atoms with van der Waals surface area (Å²) in [6, 6.07) is 14.8. The summed E-state index contributed by atoms with van der Waals surface area (Å²) in [5.41, 5.74) is 7.12. The van der Waals surface area contributed by atoms with Crippen LogP contribution in [0.2, 0.25) is 0 Å². The monoisotopic (exact) mass is 273 g/mol. The highest BCUT2D eigenvalue weighted by Gasteiger charge is 2.01. The largest absolute Gasteiger partial charge is 0.493 e. The van der Waals surface area contributed by atoms with Gasteiger partial charge in [-0.1, -0.05) is 18.2 Å². The SMILES string of the molecule is Nc1ccc(OCCCOc2ccccc2CO)cc1. The summed E-state index contributed by atoms with van der Waals surface area (Å²) < 4.78 is 11.2. The molecule has 2 aromatic rings. The standard InChI is InChI=1S/C16H19NO3/c17-14-6-8-15(9-7-14)19-10-3-11-20-16-5-2-1-4-13(16)12-18/h1-2,4-9,18H,3,10-12,17H2. The highest BCUT2D eigenvalue weighted by Crippen LogP contribution is 2.18. The average molecular weight is 273 g/mol. The van der Waals surface area contributed by atoms with Crippen molar-refractivity contribution in [3.63, 3.8) is 0 Å². The molecular weight excluding hydrogens is 254 g/mol. The van der Waals surface area contributed by atoms with Crippen LogP contribution in [0.3, 0.4) is 0 Å². The number of ether oxygens (including phenoxy) is 2. The first-order valence-corrected chi connectivity index (χ1v) is 6.59. The van der Waals surface area contributed by atoms with Crippen molar-refractivity contribution in [2.24, 2.45) is 0 Å². The van der Waals surface area contributed by atoms with Crippen molar-refractivity contribution in [2.45, 2.75) is 13.0 Å². The number of aliphatic hydroxyl groups excluding tert-OH is 1. The number of benzene rings is 2. The van der Waals surface area contributed by atoms with Crippen LogP contribution in [0.15, 0.2) is 48.5 Å². The molecule has 2 aromatic carbocycles. The summed E-state index contributed by atoms with van der Waals surface area (Å²) >= 11 is 0. The van der Waals surface area contributed by atoms with Crippen molar-refractivity contribution in [3.8, 4) is 11.5 Å². The number of para-hydroxylation sites is 1. The number of hydrogen-bond acceptors (Lipinski definition) is 4. The van der Waals surface area contributed by atoms with Crippen LogP contribution >= 0.6 is 0 Å². The molecule has 0 unspecified atom stereocenters. The van der Waals surface area contributed by atoms with E-state index in [0.717, 1.165) is 29.2 Å². The van der Waals surface area contributed by atoms with Crippen LogP contribution in [-0.2, 0) is 6.61 Å². The highest BCUT2D eigenvalue weighted by molar-refractivity contribution is 5.41. The molecule has 0 saturated heterocycles. The molecule has 3 N–H and O–H groups in total. The molecule has 0 aromatic heterocycles. The molecule has 0 aliphatic rings. The Morgan fingerprint density at radius 2 is 1.60 bits per heavy atom. The van der Waals surface area contributed by atoms with Gasteiger partial charge in [0.05, 0.1) is 19.8 Å². The van der Waals surface area contributed by atoms with E-state index in [1.165, 1.54) is 0 Å². The first-order chi connectivity index (χ1) is 9.79. The average Bonchev–Trinajstić information content (AvgIpc) is 2.49. The summed E-state index contributed by atoms with van der Waals surface area (Å²) in [6.45, 7) is 1.11. The number of hydrogen-bond donors (Lipinski definition) is 2. The molecule has 4 nitrogen and oxygen atoms in total. The maximum absolute atomic E-state index is 9.18. The molecule has 0 bridgehead atoms. The molecule has 0 spiro atoms. The van der Waals surface area contributed by atoms with Gasteiger partial charge in [-0.3, -0.25) is 0 Å². The van der Waals surface area contributed by atoms with Crippen LogP contribution in [0, 0.1) is 0 Å². The molecule has 0 aliphatic heterocycles. The van der Waals surface area contributed by atoms with E-state index in [1.807, 2.05) is 48.5 Å². The lowest BCUT2D eigenvalue weighted by atomic mass is 10.2. The van der Waals surface area contributed by atoms with E-state index in [9.17, 15) is 5.11 Å². The van der Waals surface area contributed by atoms with Gasteiger partial charge < -0.3 is 20.3 Å².